The predicted molar refractivity (Wildman–Crippen MR) is 30.4 cm³/mol. The Morgan fingerprint density at radius 2 is 2.25 bits per heavy atom. The molecule has 0 amide bonds. The molecule has 0 aromatic rings. The summed E-state index contributed by atoms with van der Waals surface area (Å²) in [7, 11) is 0. The fraction of sp³-hybridized carbons (Fsp3) is 0.667. The van der Waals surface area contributed by atoms with Crippen LogP contribution in [-0.4, -0.2) is 22.4 Å². The number of rotatable bonds is 0. The van der Waals surface area contributed by atoms with Crippen molar-refractivity contribution in [1.29, 1.82) is 0 Å². The molecule has 0 heterocycles. The highest BCUT2D eigenvalue weighted by Gasteiger charge is 2.20. The highest BCUT2D eigenvalue weighted by molar-refractivity contribution is 5.12. The van der Waals surface area contributed by atoms with Crippen LogP contribution in [0.4, 0.5) is 0 Å². The lowest BCUT2D eigenvalue weighted by molar-refractivity contribution is 0.0606. The van der Waals surface area contributed by atoms with Gasteiger partial charge in [0.2, 0.25) is 0 Å². The van der Waals surface area contributed by atoms with E-state index in [0.717, 1.165) is 5.57 Å². The van der Waals surface area contributed by atoms with E-state index in [1.54, 1.807) is 6.08 Å². The standard InChI is InChI=1S/C6H10O2/c1-4-2-5(7)6(8)3-4/h2,5-8H,3H2,1H3. The molecule has 1 aliphatic carbocycles. The van der Waals surface area contributed by atoms with Gasteiger partial charge in [0.25, 0.3) is 0 Å². The van der Waals surface area contributed by atoms with Crippen molar-refractivity contribution in [3.63, 3.8) is 0 Å². The van der Waals surface area contributed by atoms with Crippen molar-refractivity contribution >= 4 is 0 Å². The molecule has 2 atom stereocenters. The molecule has 1 rings (SSSR count). The predicted octanol–water partition coefficient (Wildman–Crippen LogP) is 0.0582. The first-order valence-electron chi connectivity index (χ1n) is 2.73. The van der Waals surface area contributed by atoms with E-state index in [2.05, 4.69) is 0 Å². The molecule has 2 N–H and O–H groups in total. The van der Waals surface area contributed by atoms with E-state index < -0.39 is 12.2 Å². The van der Waals surface area contributed by atoms with E-state index in [1.165, 1.54) is 0 Å². The van der Waals surface area contributed by atoms with E-state index in [0.29, 0.717) is 6.42 Å². The molecule has 8 heavy (non-hydrogen) atoms. The first-order valence-corrected chi connectivity index (χ1v) is 2.73. The van der Waals surface area contributed by atoms with Gasteiger partial charge in [0.1, 0.15) is 0 Å². The van der Waals surface area contributed by atoms with Gasteiger partial charge < -0.3 is 10.2 Å². The molecule has 2 unspecified atom stereocenters. The Kier molecular flexibility index (Phi) is 1.36. The van der Waals surface area contributed by atoms with Crippen LogP contribution in [0.1, 0.15) is 13.3 Å². The topological polar surface area (TPSA) is 40.5 Å². The Morgan fingerprint density at radius 1 is 1.62 bits per heavy atom. The van der Waals surface area contributed by atoms with Crippen LogP contribution in [0.15, 0.2) is 11.6 Å². The molecule has 0 fully saturated rings. The number of aliphatic hydroxyl groups is 2. The van der Waals surface area contributed by atoms with Gasteiger partial charge in [-0.05, 0) is 13.3 Å². The molecule has 2 heteroatoms. The first kappa shape index (κ1) is 5.79. The maximum Gasteiger partial charge on any atom is 0.0985 e. The zero-order valence-corrected chi connectivity index (χ0v) is 4.83. The number of hydrogen-bond acceptors (Lipinski definition) is 2. The molecule has 0 saturated carbocycles. The summed E-state index contributed by atoms with van der Waals surface area (Å²) in [6.45, 7) is 1.90. The third kappa shape index (κ3) is 0.904. The average Bonchev–Trinajstić information content (AvgIpc) is 1.85. The molecule has 0 radical (unpaired) electrons. The van der Waals surface area contributed by atoms with Gasteiger partial charge in [-0.15, -0.1) is 0 Å². The van der Waals surface area contributed by atoms with Crippen molar-refractivity contribution in [2.45, 2.75) is 25.6 Å². The lowest BCUT2D eigenvalue weighted by atomic mass is 10.2. The summed E-state index contributed by atoms with van der Waals surface area (Å²) in [5.41, 5.74) is 1.07. The van der Waals surface area contributed by atoms with Crippen molar-refractivity contribution in [2.75, 3.05) is 0 Å². The van der Waals surface area contributed by atoms with Gasteiger partial charge >= 0.3 is 0 Å². The van der Waals surface area contributed by atoms with Gasteiger partial charge in [-0.2, -0.15) is 0 Å². The zero-order chi connectivity index (χ0) is 6.15. The molecule has 46 valence electrons. The highest BCUT2D eigenvalue weighted by Crippen LogP contribution is 2.17. The second kappa shape index (κ2) is 1.88. The smallest absolute Gasteiger partial charge is 0.0985 e. The minimum Gasteiger partial charge on any atom is -0.390 e. The molecule has 2 nitrogen and oxygen atoms in total. The lowest BCUT2D eigenvalue weighted by Crippen LogP contribution is -2.17. The quantitative estimate of drug-likeness (QED) is 0.437. The Morgan fingerprint density at radius 3 is 2.38 bits per heavy atom. The first-order chi connectivity index (χ1) is 3.70. The second-order valence-electron chi connectivity index (χ2n) is 2.28. The molecule has 0 aromatic heterocycles. The van der Waals surface area contributed by atoms with Gasteiger partial charge in [0.15, 0.2) is 0 Å². The third-order valence-electron chi connectivity index (χ3n) is 1.38. The van der Waals surface area contributed by atoms with E-state index in [-0.39, 0.29) is 0 Å². The molecule has 0 aromatic carbocycles. The summed E-state index contributed by atoms with van der Waals surface area (Å²) in [4.78, 5) is 0. The fourth-order valence-corrected chi connectivity index (χ4v) is 0.921. The van der Waals surface area contributed by atoms with Crippen LogP contribution in [0.3, 0.4) is 0 Å². The Hall–Kier alpha value is -0.340. The molecule has 0 aliphatic heterocycles. The van der Waals surface area contributed by atoms with Crippen LogP contribution < -0.4 is 0 Å². The van der Waals surface area contributed by atoms with Gasteiger partial charge in [-0.3, -0.25) is 0 Å². The normalized spacial score (nSPS) is 37.6. The van der Waals surface area contributed by atoms with Crippen LogP contribution in [0.2, 0.25) is 0 Å². The van der Waals surface area contributed by atoms with Gasteiger partial charge in [0.05, 0.1) is 12.2 Å². The Balaban J connectivity index is 2.56. The van der Waals surface area contributed by atoms with Crippen molar-refractivity contribution in [3.8, 4) is 0 Å². The molecule has 0 bridgehead atoms. The minimum absolute atomic E-state index is 0.546. The van der Waals surface area contributed by atoms with Crippen molar-refractivity contribution in [2.24, 2.45) is 0 Å². The Labute approximate surface area is 48.5 Å². The zero-order valence-electron chi connectivity index (χ0n) is 4.83. The average molecular weight is 114 g/mol. The summed E-state index contributed by atoms with van der Waals surface area (Å²) in [6, 6.07) is 0. The number of hydrogen-bond donors (Lipinski definition) is 2. The molecule has 1 aliphatic rings. The fourth-order valence-electron chi connectivity index (χ4n) is 0.921. The largest absolute Gasteiger partial charge is 0.390 e. The Bertz CT molecular complexity index is 118. The van der Waals surface area contributed by atoms with Crippen LogP contribution in [-0.2, 0) is 0 Å². The van der Waals surface area contributed by atoms with E-state index in [4.69, 9.17) is 10.2 Å². The van der Waals surface area contributed by atoms with Gasteiger partial charge in [-0.1, -0.05) is 11.6 Å². The van der Waals surface area contributed by atoms with E-state index in [1.807, 2.05) is 6.92 Å². The van der Waals surface area contributed by atoms with Crippen molar-refractivity contribution in [3.05, 3.63) is 11.6 Å². The van der Waals surface area contributed by atoms with Crippen LogP contribution in [0.25, 0.3) is 0 Å². The van der Waals surface area contributed by atoms with Gasteiger partial charge in [0, 0.05) is 0 Å². The maximum atomic E-state index is 8.87. The molecular formula is C6H10O2. The van der Waals surface area contributed by atoms with E-state index >= 15 is 0 Å². The molecule has 0 spiro atoms. The highest BCUT2D eigenvalue weighted by atomic mass is 16.3. The van der Waals surface area contributed by atoms with E-state index in [9.17, 15) is 0 Å². The van der Waals surface area contributed by atoms with Crippen molar-refractivity contribution in [1.82, 2.24) is 0 Å². The second-order valence-corrected chi connectivity index (χ2v) is 2.28. The summed E-state index contributed by atoms with van der Waals surface area (Å²) in [5, 5.41) is 17.7. The van der Waals surface area contributed by atoms with Crippen molar-refractivity contribution < 1.29 is 10.2 Å². The van der Waals surface area contributed by atoms with Crippen LogP contribution in [0, 0.1) is 0 Å². The summed E-state index contributed by atoms with van der Waals surface area (Å²) in [6.07, 6.45) is 1.15. The molecule has 0 saturated heterocycles. The third-order valence-corrected chi connectivity index (χ3v) is 1.38. The van der Waals surface area contributed by atoms with Gasteiger partial charge in [-0.25, -0.2) is 0 Å². The minimum atomic E-state index is -0.616. The monoisotopic (exact) mass is 114 g/mol. The SMILES string of the molecule is CC1=CC(O)C(O)C1. The number of aliphatic hydroxyl groups excluding tert-OH is 2. The maximum absolute atomic E-state index is 8.87. The summed E-state index contributed by atoms with van der Waals surface area (Å²) < 4.78 is 0. The van der Waals surface area contributed by atoms with Crippen LogP contribution in [0.5, 0.6) is 0 Å². The summed E-state index contributed by atoms with van der Waals surface area (Å²) >= 11 is 0. The summed E-state index contributed by atoms with van der Waals surface area (Å²) in [5.74, 6) is 0. The molecular weight excluding hydrogens is 104 g/mol. The van der Waals surface area contributed by atoms with Crippen LogP contribution >= 0.6 is 0 Å². The lowest BCUT2D eigenvalue weighted by Gasteiger charge is -2.03.